The summed E-state index contributed by atoms with van der Waals surface area (Å²) in [6.07, 6.45) is 4.86. The highest BCUT2D eigenvalue weighted by atomic mass is 16.5. The summed E-state index contributed by atoms with van der Waals surface area (Å²) < 4.78 is 10.8. The van der Waals surface area contributed by atoms with E-state index < -0.39 is 0 Å². The summed E-state index contributed by atoms with van der Waals surface area (Å²) in [6.45, 7) is 5.09. The lowest BCUT2D eigenvalue weighted by molar-refractivity contribution is -0.122. The number of hydrogen-bond donors (Lipinski definition) is 1. The molecule has 1 aromatic carbocycles. The van der Waals surface area contributed by atoms with Crippen LogP contribution in [0, 0.1) is 11.8 Å². The van der Waals surface area contributed by atoms with E-state index in [4.69, 9.17) is 9.47 Å². The zero-order valence-electron chi connectivity index (χ0n) is 14.5. The third kappa shape index (κ3) is 5.45. The first-order valence-corrected chi connectivity index (χ1v) is 8.66. The number of methoxy groups -OCH3 is 1. The lowest BCUT2D eigenvalue weighted by atomic mass is 9.78. The molecule has 128 valence electrons. The highest BCUT2D eigenvalue weighted by molar-refractivity contribution is 5.76. The average Bonchev–Trinajstić information content (AvgIpc) is 2.56. The Bertz CT molecular complexity index is 486. The first kappa shape index (κ1) is 17.6. The molecule has 3 unspecified atom stereocenters. The first-order valence-electron chi connectivity index (χ1n) is 8.66. The van der Waals surface area contributed by atoms with Crippen LogP contribution >= 0.6 is 0 Å². The molecule has 4 heteroatoms. The van der Waals surface area contributed by atoms with Gasteiger partial charge in [-0.15, -0.1) is 0 Å². The average molecular weight is 319 g/mol. The number of amides is 1. The van der Waals surface area contributed by atoms with Gasteiger partial charge in [0, 0.05) is 12.5 Å². The Labute approximate surface area is 139 Å². The van der Waals surface area contributed by atoms with Crippen LogP contribution in [0.15, 0.2) is 24.3 Å². The van der Waals surface area contributed by atoms with E-state index in [1.165, 1.54) is 12.8 Å². The van der Waals surface area contributed by atoms with Gasteiger partial charge >= 0.3 is 0 Å². The van der Waals surface area contributed by atoms with E-state index in [9.17, 15) is 4.79 Å². The van der Waals surface area contributed by atoms with Gasteiger partial charge in [-0.3, -0.25) is 4.79 Å². The Morgan fingerprint density at radius 3 is 2.57 bits per heavy atom. The third-order valence-electron chi connectivity index (χ3n) is 4.93. The van der Waals surface area contributed by atoms with Crippen LogP contribution in [0.4, 0.5) is 0 Å². The van der Waals surface area contributed by atoms with Gasteiger partial charge in [-0.05, 0) is 48.9 Å². The van der Waals surface area contributed by atoms with Crippen molar-refractivity contribution in [2.75, 3.05) is 13.7 Å². The second kappa shape index (κ2) is 8.80. The van der Waals surface area contributed by atoms with Crippen LogP contribution in [0.1, 0.15) is 46.0 Å². The lowest BCUT2D eigenvalue weighted by Crippen LogP contribution is -2.43. The van der Waals surface area contributed by atoms with Gasteiger partial charge in [-0.1, -0.05) is 26.7 Å². The van der Waals surface area contributed by atoms with E-state index >= 15 is 0 Å². The predicted molar refractivity (Wildman–Crippen MR) is 91.8 cm³/mol. The van der Waals surface area contributed by atoms with E-state index in [-0.39, 0.29) is 5.91 Å². The maximum absolute atomic E-state index is 12.1. The predicted octanol–water partition coefficient (Wildman–Crippen LogP) is 3.80. The fraction of sp³-hybridized carbons (Fsp3) is 0.632. The lowest BCUT2D eigenvalue weighted by Gasteiger charge is -2.34. The molecule has 0 saturated heterocycles. The van der Waals surface area contributed by atoms with Crippen LogP contribution in [0.5, 0.6) is 11.5 Å². The van der Waals surface area contributed by atoms with Gasteiger partial charge in [0.05, 0.1) is 13.7 Å². The number of carbonyl (C=O) groups excluding carboxylic acids is 1. The van der Waals surface area contributed by atoms with Gasteiger partial charge in [0.1, 0.15) is 11.5 Å². The van der Waals surface area contributed by atoms with E-state index in [0.29, 0.717) is 30.9 Å². The Morgan fingerprint density at radius 1 is 1.17 bits per heavy atom. The van der Waals surface area contributed by atoms with Crippen LogP contribution in [0.2, 0.25) is 0 Å². The van der Waals surface area contributed by atoms with Crippen molar-refractivity contribution in [2.24, 2.45) is 11.8 Å². The largest absolute Gasteiger partial charge is 0.497 e. The zero-order chi connectivity index (χ0) is 16.7. The number of hydrogen-bond acceptors (Lipinski definition) is 3. The molecule has 1 fully saturated rings. The van der Waals surface area contributed by atoms with Gasteiger partial charge in [0.25, 0.3) is 0 Å². The SMILES string of the molecule is COc1ccc(OCCCC(=O)NC2CCCC(C)C2C)cc1. The van der Waals surface area contributed by atoms with Gasteiger partial charge in [-0.2, -0.15) is 0 Å². The van der Waals surface area contributed by atoms with Crippen molar-refractivity contribution in [1.82, 2.24) is 5.32 Å². The Morgan fingerprint density at radius 2 is 1.87 bits per heavy atom. The Hall–Kier alpha value is -1.71. The number of nitrogens with one attached hydrogen (secondary N) is 1. The van der Waals surface area contributed by atoms with Crippen LogP contribution in [-0.2, 0) is 4.79 Å². The zero-order valence-corrected chi connectivity index (χ0v) is 14.5. The third-order valence-corrected chi connectivity index (χ3v) is 4.93. The van der Waals surface area contributed by atoms with Crippen LogP contribution in [0.25, 0.3) is 0 Å². The quantitative estimate of drug-likeness (QED) is 0.778. The Balaban J connectivity index is 1.64. The molecule has 23 heavy (non-hydrogen) atoms. The molecule has 0 heterocycles. The first-order chi connectivity index (χ1) is 11.1. The fourth-order valence-corrected chi connectivity index (χ4v) is 3.16. The van der Waals surface area contributed by atoms with Gasteiger partial charge in [0.2, 0.25) is 5.91 Å². The number of benzene rings is 1. The van der Waals surface area contributed by atoms with Crippen molar-refractivity contribution < 1.29 is 14.3 Å². The summed E-state index contributed by atoms with van der Waals surface area (Å²) in [6, 6.07) is 7.84. The summed E-state index contributed by atoms with van der Waals surface area (Å²) in [4.78, 5) is 12.1. The van der Waals surface area contributed by atoms with Gasteiger partial charge < -0.3 is 14.8 Å². The summed E-state index contributed by atoms with van der Waals surface area (Å²) in [5.41, 5.74) is 0. The number of ether oxygens (including phenoxy) is 2. The fourth-order valence-electron chi connectivity index (χ4n) is 3.16. The maximum atomic E-state index is 12.1. The monoisotopic (exact) mass is 319 g/mol. The van der Waals surface area contributed by atoms with Gasteiger partial charge in [-0.25, -0.2) is 0 Å². The molecule has 1 amide bonds. The van der Waals surface area contributed by atoms with E-state index in [1.54, 1.807) is 7.11 Å². The van der Waals surface area contributed by atoms with Crippen LogP contribution < -0.4 is 14.8 Å². The van der Waals surface area contributed by atoms with Crippen LogP contribution in [0.3, 0.4) is 0 Å². The molecule has 1 saturated carbocycles. The van der Waals surface area contributed by atoms with E-state index in [0.717, 1.165) is 24.3 Å². The van der Waals surface area contributed by atoms with Crippen molar-refractivity contribution in [3.05, 3.63) is 24.3 Å². The highest BCUT2D eigenvalue weighted by Crippen LogP contribution is 2.29. The molecule has 0 spiro atoms. The maximum Gasteiger partial charge on any atom is 0.220 e. The molecule has 1 aliphatic carbocycles. The summed E-state index contributed by atoms with van der Waals surface area (Å²) in [7, 11) is 1.64. The Kier molecular flexibility index (Phi) is 6.75. The molecule has 3 atom stereocenters. The molecule has 1 aliphatic rings. The van der Waals surface area contributed by atoms with Crippen molar-refractivity contribution in [1.29, 1.82) is 0 Å². The topological polar surface area (TPSA) is 47.6 Å². The number of rotatable bonds is 7. The summed E-state index contributed by atoms with van der Waals surface area (Å²) >= 11 is 0. The number of carbonyl (C=O) groups is 1. The smallest absolute Gasteiger partial charge is 0.220 e. The molecular formula is C19H29NO3. The minimum absolute atomic E-state index is 0.147. The van der Waals surface area contributed by atoms with Crippen molar-refractivity contribution in [2.45, 2.75) is 52.0 Å². The second-order valence-electron chi connectivity index (χ2n) is 6.57. The van der Waals surface area contributed by atoms with E-state index in [2.05, 4.69) is 19.2 Å². The summed E-state index contributed by atoms with van der Waals surface area (Å²) in [5, 5.41) is 3.20. The highest BCUT2D eigenvalue weighted by Gasteiger charge is 2.27. The van der Waals surface area contributed by atoms with Crippen LogP contribution in [-0.4, -0.2) is 25.7 Å². The normalized spacial score (nSPS) is 24.0. The molecule has 2 rings (SSSR count). The summed E-state index contributed by atoms with van der Waals surface area (Å²) in [5.74, 6) is 3.04. The molecule has 1 N–H and O–H groups in total. The van der Waals surface area contributed by atoms with Crippen molar-refractivity contribution >= 4 is 5.91 Å². The molecule has 0 bridgehead atoms. The van der Waals surface area contributed by atoms with Crippen molar-refractivity contribution in [3.63, 3.8) is 0 Å². The molecule has 0 radical (unpaired) electrons. The van der Waals surface area contributed by atoms with E-state index in [1.807, 2.05) is 24.3 Å². The molecular weight excluding hydrogens is 290 g/mol. The minimum atomic E-state index is 0.147. The second-order valence-corrected chi connectivity index (χ2v) is 6.57. The molecule has 0 aliphatic heterocycles. The molecule has 4 nitrogen and oxygen atoms in total. The minimum Gasteiger partial charge on any atom is -0.497 e. The van der Waals surface area contributed by atoms with Crippen molar-refractivity contribution in [3.8, 4) is 11.5 Å². The van der Waals surface area contributed by atoms with Gasteiger partial charge in [0.15, 0.2) is 0 Å². The molecule has 1 aromatic rings. The molecule has 0 aromatic heterocycles. The standard InChI is InChI=1S/C19H29NO3/c1-14-6-4-7-18(15(14)2)20-19(21)8-5-13-23-17-11-9-16(22-3)10-12-17/h9-12,14-15,18H,4-8,13H2,1-3H3,(H,20,21).